The number of piperazine rings is 1. The first-order valence-electron chi connectivity index (χ1n) is 11.4. The molecule has 4 rings (SSSR count). The molecule has 0 spiro atoms. The van der Waals surface area contributed by atoms with Crippen molar-refractivity contribution in [2.45, 2.75) is 30.2 Å². The van der Waals surface area contributed by atoms with Crippen molar-refractivity contribution in [1.82, 2.24) is 19.8 Å². The lowest BCUT2D eigenvalue weighted by Gasteiger charge is -2.43. The van der Waals surface area contributed by atoms with E-state index < -0.39 is 21.7 Å². The van der Waals surface area contributed by atoms with Crippen LogP contribution in [-0.4, -0.2) is 81.0 Å². The Balaban J connectivity index is 1.47. The monoisotopic (exact) mass is 508 g/mol. The molecule has 9 nitrogen and oxygen atoms in total. The average Bonchev–Trinajstić information content (AvgIpc) is 2.80. The zero-order chi connectivity index (χ0) is 24.3. The lowest BCUT2D eigenvalue weighted by molar-refractivity contribution is -0.135. The van der Waals surface area contributed by atoms with Gasteiger partial charge in [-0.1, -0.05) is 23.7 Å². The van der Waals surface area contributed by atoms with Crippen LogP contribution in [-0.2, 0) is 19.6 Å². The molecule has 0 aromatic heterocycles. The van der Waals surface area contributed by atoms with Gasteiger partial charge in [-0.15, -0.1) is 0 Å². The molecule has 11 heteroatoms. The SMILES string of the molecule is CCOC(=O)NC1(CN2CCN(S(=O)(=O)c3ccc4cc(Cl)ccc4c3)CC2=O)CCNCC1. The van der Waals surface area contributed by atoms with Gasteiger partial charge in [0.15, 0.2) is 0 Å². The minimum absolute atomic E-state index is 0.141. The van der Waals surface area contributed by atoms with E-state index in [-0.39, 0.29) is 37.0 Å². The van der Waals surface area contributed by atoms with E-state index in [0.717, 1.165) is 10.8 Å². The molecule has 34 heavy (non-hydrogen) atoms. The number of piperidine rings is 1. The van der Waals surface area contributed by atoms with Gasteiger partial charge in [-0.25, -0.2) is 13.2 Å². The minimum atomic E-state index is -3.84. The van der Waals surface area contributed by atoms with Crippen molar-refractivity contribution < 1.29 is 22.7 Å². The summed E-state index contributed by atoms with van der Waals surface area (Å²) in [5.41, 5.74) is -0.603. The third-order valence-electron chi connectivity index (χ3n) is 6.39. The molecule has 2 N–H and O–H groups in total. The molecular formula is C23H29ClN4O5S. The fraction of sp³-hybridized carbons (Fsp3) is 0.478. The number of alkyl carbamates (subject to hydrolysis) is 1. The van der Waals surface area contributed by atoms with Crippen LogP contribution >= 0.6 is 11.6 Å². The van der Waals surface area contributed by atoms with Gasteiger partial charge in [-0.05, 0) is 67.9 Å². The van der Waals surface area contributed by atoms with Gasteiger partial charge in [0, 0.05) is 24.7 Å². The summed E-state index contributed by atoms with van der Waals surface area (Å²) < 4.78 is 32.8. The first-order valence-corrected chi connectivity index (χ1v) is 13.2. The summed E-state index contributed by atoms with van der Waals surface area (Å²) in [5.74, 6) is -0.286. The van der Waals surface area contributed by atoms with Gasteiger partial charge >= 0.3 is 6.09 Å². The number of hydrogen-bond acceptors (Lipinski definition) is 6. The van der Waals surface area contributed by atoms with Gasteiger partial charge in [0.1, 0.15) is 0 Å². The van der Waals surface area contributed by atoms with Gasteiger partial charge < -0.3 is 20.3 Å². The minimum Gasteiger partial charge on any atom is -0.450 e. The average molecular weight is 509 g/mol. The van der Waals surface area contributed by atoms with Gasteiger partial charge in [0.05, 0.1) is 23.6 Å². The fourth-order valence-electron chi connectivity index (χ4n) is 4.54. The molecule has 2 saturated heterocycles. The third-order valence-corrected chi connectivity index (χ3v) is 8.47. The second kappa shape index (κ2) is 10.1. The maximum atomic E-state index is 13.3. The molecule has 0 radical (unpaired) electrons. The van der Waals surface area contributed by atoms with Crippen molar-refractivity contribution in [2.24, 2.45) is 0 Å². The maximum absolute atomic E-state index is 13.3. The Labute approximate surface area is 204 Å². The third kappa shape index (κ3) is 5.30. The number of fused-ring (bicyclic) bond motifs is 1. The number of rotatable bonds is 6. The lowest BCUT2D eigenvalue weighted by atomic mass is 9.87. The molecule has 0 unspecified atom stereocenters. The molecular weight excluding hydrogens is 480 g/mol. The van der Waals surface area contributed by atoms with E-state index in [0.29, 0.717) is 37.5 Å². The van der Waals surface area contributed by atoms with Crippen molar-refractivity contribution in [2.75, 3.05) is 45.9 Å². The lowest BCUT2D eigenvalue weighted by Crippen LogP contribution is -2.63. The topological polar surface area (TPSA) is 108 Å². The number of halogens is 1. The Hall–Kier alpha value is -2.40. The van der Waals surface area contributed by atoms with Crippen LogP contribution in [0.4, 0.5) is 4.79 Å². The van der Waals surface area contributed by atoms with Crippen LogP contribution in [0.3, 0.4) is 0 Å². The Bertz CT molecular complexity index is 1180. The number of sulfonamides is 1. The van der Waals surface area contributed by atoms with Crippen LogP contribution in [0, 0.1) is 0 Å². The van der Waals surface area contributed by atoms with Crippen LogP contribution in [0.2, 0.25) is 5.02 Å². The highest BCUT2D eigenvalue weighted by molar-refractivity contribution is 7.89. The van der Waals surface area contributed by atoms with Crippen LogP contribution in [0.5, 0.6) is 0 Å². The molecule has 2 heterocycles. The van der Waals surface area contributed by atoms with Crippen molar-refractivity contribution in [3.8, 4) is 0 Å². The number of ether oxygens (including phenoxy) is 1. The zero-order valence-corrected chi connectivity index (χ0v) is 20.6. The second-order valence-electron chi connectivity index (χ2n) is 8.68. The molecule has 0 saturated carbocycles. The molecule has 2 aromatic rings. The summed E-state index contributed by atoms with van der Waals surface area (Å²) in [7, 11) is -3.84. The van der Waals surface area contributed by atoms with Crippen LogP contribution in [0.1, 0.15) is 19.8 Å². The van der Waals surface area contributed by atoms with Crippen LogP contribution < -0.4 is 10.6 Å². The fourth-order valence-corrected chi connectivity index (χ4v) is 6.14. The number of nitrogens with zero attached hydrogens (tertiary/aromatic N) is 2. The molecule has 2 aromatic carbocycles. The number of carbonyl (C=O) groups is 2. The van der Waals surface area contributed by atoms with Gasteiger partial charge in [-0.2, -0.15) is 4.31 Å². The van der Waals surface area contributed by atoms with E-state index in [1.807, 2.05) is 0 Å². The van der Waals surface area contributed by atoms with Crippen molar-refractivity contribution >= 4 is 44.4 Å². The largest absolute Gasteiger partial charge is 0.450 e. The molecule has 2 aliphatic heterocycles. The first kappa shape index (κ1) is 24.7. The van der Waals surface area contributed by atoms with E-state index in [4.69, 9.17) is 16.3 Å². The highest BCUT2D eigenvalue weighted by Crippen LogP contribution is 2.26. The van der Waals surface area contributed by atoms with Crippen molar-refractivity contribution in [3.63, 3.8) is 0 Å². The number of nitrogens with one attached hydrogen (secondary N) is 2. The molecule has 0 bridgehead atoms. The van der Waals surface area contributed by atoms with Crippen molar-refractivity contribution in [3.05, 3.63) is 41.4 Å². The highest BCUT2D eigenvalue weighted by atomic mass is 35.5. The van der Waals surface area contributed by atoms with Gasteiger partial charge in [0.2, 0.25) is 15.9 Å². The quantitative estimate of drug-likeness (QED) is 0.619. The maximum Gasteiger partial charge on any atom is 0.407 e. The highest BCUT2D eigenvalue weighted by Gasteiger charge is 2.40. The smallest absolute Gasteiger partial charge is 0.407 e. The summed E-state index contributed by atoms with van der Waals surface area (Å²) in [5, 5.41) is 8.39. The molecule has 0 atom stereocenters. The van der Waals surface area contributed by atoms with Crippen molar-refractivity contribution in [1.29, 1.82) is 0 Å². The predicted molar refractivity (Wildman–Crippen MR) is 129 cm³/mol. The Morgan fingerprint density at radius 3 is 2.56 bits per heavy atom. The van der Waals surface area contributed by atoms with E-state index in [2.05, 4.69) is 10.6 Å². The summed E-state index contributed by atoms with van der Waals surface area (Å²) in [6.07, 6.45) is 0.799. The number of hydrogen-bond donors (Lipinski definition) is 2. The normalized spacial score (nSPS) is 19.2. The predicted octanol–water partition coefficient (Wildman–Crippen LogP) is 2.19. The molecule has 0 aliphatic carbocycles. The summed E-state index contributed by atoms with van der Waals surface area (Å²) >= 11 is 6.02. The van der Waals surface area contributed by atoms with Crippen LogP contribution in [0.15, 0.2) is 41.3 Å². The van der Waals surface area contributed by atoms with E-state index in [1.165, 1.54) is 10.4 Å². The molecule has 2 aliphatic rings. The van der Waals surface area contributed by atoms with E-state index >= 15 is 0 Å². The Morgan fingerprint density at radius 2 is 1.85 bits per heavy atom. The number of amides is 2. The van der Waals surface area contributed by atoms with Crippen LogP contribution in [0.25, 0.3) is 10.8 Å². The Kier molecular flexibility index (Phi) is 7.32. The standard InChI is InChI=1S/C23H29ClN4O5S/c1-2-33-22(30)26-23(7-9-25-10-8-23)16-27-11-12-28(15-21(27)29)34(31,32)20-6-4-17-13-19(24)5-3-18(17)14-20/h3-6,13-14,25H,2,7-12,15-16H2,1H3,(H,26,30). The summed E-state index contributed by atoms with van der Waals surface area (Å²) in [6, 6.07) is 10.1. The summed E-state index contributed by atoms with van der Waals surface area (Å²) in [6.45, 7) is 3.93. The van der Waals surface area contributed by atoms with Gasteiger partial charge in [0.25, 0.3) is 0 Å². The first-order chi connectivity index (χ1) is 16.2. The zero-order valence-electron chi connectivity index (χ0n) is 19.0. The van der Waals surface area contributed by atoms with E-state index in [1.54, 1.807) is 42.2 Å². The molecule has 2 fully saturated rings. The second-order valence-corrected chi connectivity index (χ2v) is 11.1. The Morgan fingerprint density at radius 1 is 1.15 bits per heavy atom. The number of benzene rings is 2. The molecule has 184 valence electrons. The van der Waals surface area contributed by atoms with Gasteiger partial charge in [-0.3, -0.25) is 4.79 Å². The van der Waals surface area contributed by atoms with E-state index in [9.17, 15) is 18.0 Å². The molecule has 2 amide bonds. The summed E-state index contributed by atoms with van der Waals surface area (Å²) in [4.78, 5) is 26.9. The number of carbonyl (C=O) groups excluding carboxylic acids is 2.